The highest BCUT2D eigenvalue weighted by Crippen LogP contribution is 2.43. The van der Waals surface area contributed by atoms with Gasteiger partial charge in [0.05, 0.1) is 26.8 Å². The van der Waals surface area contributed by atoms with Crippen LogP contribution in [0.2, 0.25) is 0 Å². The lowest BCUT2D eigenvalue weighted by Gasteiger charge is -2.38. The Hall–Kier alpha value is -3.66. The zero-order valence-corrected chi connectivity index (χ0v) is 24.1. The number of hydrogen-bond acceptors (Lipinski definition) is 10. The van der Waals surface area contributed by atoms with Crippen LogP contribution in [0, 0.1) is 23.0 Å². The van der Waals surface area contributed by atoms with Crippen molar-refractivity contribution in [2.24, 2.45) is 0 Å². The molecule has 0 spiro atoms. The normalized spacial score (nSPS) is 22.1. The molecule has 3 saturated heterocycles. The van der Waals surface area contributed by atoms with Crippen LogP contribution in [0.3, 0.4) is 0 Å². The van der Waals surface area contributed by atoms with Crippen molar-refractivity contribution >= 4 is 43.1 Å². The maximum absolute atomic E-state index is 16.6. The SMILES string of the molecule is C[C@@]1(O)CCCN(c2nc(OCC34CCCN3CCC4)nc3c(F)c(-c4ccc(F)c5sc(N)c(C#N)c45)ncc23)C1. The number of halogens is 2. The minimum Gasteiger partial charge on any atom is -0.461 e. The van der Waals surface area contributed by atoms with Crippen molar-refractivity contribution in [3.05, 3.63) is 35.5 Å². The van der Waals surface area contributed by atoms with Gasteiger partial charge in [0.1, 0.15) is 40.5 Å². The first kappa shape index (κ1) is 27.2. The average Bonchev–Trinajstić information content (AvgIpc) is 3.64. The van der Waals surface area contributed by atoms with E-state index in [-0.39, 0.29) is 49.0 Å². The number of anilines is 2. The summed E-state index contributed by atoms with van der Waals surface area (Å²) >= 11 is 0.947. The quantitative estimate of drug-likeness (QED) is 0.330. The fourth-order valence-electron chi connectivity index (χ4n) is 7.07. The van der Waals surface area contributed by atoms with Gasteiger partial charge in [0.2, 0.25) is 0 Å². The number of nitriles is 1. The molecule has 7 rings (SSSR count). The minimum atomic E-state index is -0.929. The van der Waals surface area contributed by atoms with Crippen LogP contribution in [-0.4, -0.2) is 68.9 Å². The summed E-state index contributed by atoms with van der Waals surface area (Å²) in [4.78, 5) is 18.2. The van der Waals surface area contributed by atoms with Gasteiger partial charge in [-0.25, -0.2) is 8.78 Å². The van der Waals surface area contributed by atoms with E-state index in [1.807, 2.05) is 11.0 Å². The number of fused-ring (bicyclic) bond motifs is 3. The lowest BCUT2D eigenvalue weighted by molar-refractivity contribution is 0.0447. The van der Waals surface area contributed by atoms with Crippen molar-refractivity contribution in [1.29, 1.82) is 5.26 Å². The van der Waals surface area contributed by atoms with Crippen LogP contribution in [-0.2, 0) is 0 Å². The van der Waals surface area contributed by atoms with Crippen LogP contribution >= 0.6 is 11.3 Å². The molecule has 3 N–H and O–H groups in total. The number of piperidine rings is 1. The predicted molar refractivity (Wildman–Crippen MR) is 158 cm³/mol. The average molecular weight is 592 g/mol. The Morgan fingerprint density at radius 2 is 1.90 bits per heavy atom. The van der Waals surface area contributed by atoms with E-state index >= 15 is 4.39 Å². The third kappa shape index (κ3) is 4.33. The molecule has 218 valence electrons. The maximum atomic E-state index is 16.6. The largest absolute Gasteiger partial charge is 0.461 e. The van der Waals surface area contributed by atoms with Crippen LogP contribution in [0.15, 0.2) is 18.3 Å². The van der Waals surface area contributed by atoms with Crippen LogP contribution in [0.25, 0.3) is 32.2 Å². The van der Waals surface area contributed by atoms with Crippen LogP contribution < -0.4 is 15.4 Å². The van der Waals surface area contributed by atoms with E-state index in [1.54, 1.807) is 6.92 Å². The van der Waals surface area contributed by atoms with Crippen molar-refractivity contribution in [1.82, 2.24) is 19.9 Å². The number of nitrogens with two attached hydrogens (primary N) is 1. The molecular weight excluding hydrogens is 560 g/mol. The van der Waals surface area contributed by atoms with Crippen LogP contribution in [0.4, 0.5) is 19.6 Å². The second-order valence-electron chi connectivity index (χ2n) is 12.0. The van der Waals surface area contributed by atoms with Gasteiger partial charge in [-0.3, -0.25) is 9.88 Å². The number of aliphatic hydroxyl groups is 1. The number of nitrogens with zero attached hydrogens (tertiary/aromatic N) is 6. The molecule has 0 saturated carbocycles. The molecule has 3 fully saturated rings. The number of rotatable bonds is 5. The first-order valence-corrected chi connectivity index (χ1v) is 15.1. The third-order valence-electron chi connectivity index (χ3n) is 9.08. The third-order valence-corrected chi connectivity index (χ3v) is 10.1. The fourth-order valence-corrected chi connectivity index (χ4v) is 8.02. The number of nitrogen functional groups attached to an aromatic ring is 1. The molecular formula is C30H31F2N7O2S. The molecule has 0 amide bonds. The maximum Gasteiger partial charge on any atom is 0.319 e. The molecule has 3 aliphatic rings. The first-order valence-electron chi connectivity index (χ1n) is 14.3. The number of aromatic nitrogens is 3. The summed E-state index contributed by atoms with van der Waals surface area (Å²) in [6.07, 6.45) is 7.20. The Labute approximate surface area is 245 Å². The highest BCUT2D eigenvalue weighted by Gasteiger charge is 2.45. The van der Waals surface area contributed by atoms with Gasteiger partial charge in [0.15, 0.2) is 5.82 Å². The highest BCUT2D eigenvalue weighted by atomic mass is 32.1. The van der Waals surface area contributed by atoms with Crippen LogP contribution in [0.5, 0.6) is 6.01 Å². The van der Waals surface area contributed by atoms with Crippen molar-refractivity contribution in [3.63, 3.8) is 0 Å². The van der Waals surface area contributed by atoms with E-state index in [0.29, 0.717) is 37.3 Å². The summed E-state index contributed by atoms with van der Waals surface area (Å²) in [5.74, 6) is -0.826. The molecule has 6 heterocycles. The van der Waals surface area contributed by atoms with Crippen molar-refractivity contribution in [3.8, 4) is 23.3 Å². The fraction of sp³-hybridized carbons (Fsp3) is 0.467. The second-order valence-corrected chi connectivity index (χ2v) is 13.0. The summed E-state index contributed by atoms with van der Waals surface area (Å²) < 4.78 is 37.7. The molecule has 1 atom stereocenters. The molecule has 4 aromatic rings. The molecule has 0 bridgehead atoms. The van der Waals surface area contributed by atoms with Gasteiger partial charge in [0, 0.05) is 30.2 Å². The number of benzene rings is 1. The molecule has 3 aromatic heterocycles. The van der Waals surface area contributed by atoms with E-state index in [2.05, 4.69) is 14.9 Å². The molecule has 12 heteroatoms. The molecule has 9 nitrogen and oxygen atoms in total. The van der Waals surface area contributed by atoms with Gasteiger partial charge < -0.3 is 20.5 Å². The van der Waals surface area contributed by atoms with Crippen LogP contribution in [0.1, 0.15) is 51.0 Å². The topological polar surface area (TPSA) is 124 Å². The second kappa shape index (κ2) is 9.97. The Kier molecular flexibility index (Phi) is 6.45. The number of β-amino-alcohol motifs (C(OH)–C–C–N with tert-alkyl or cyclic N) is 1. The summed E-state index contributed by atoms with van der Waals surface area (Å²) in [5.41, 5.74) is 5.32. The van der Waals surface area contributed by atoms with E-state index in [9.17, 15) is 14.8 Å². The summed E-state index contributed by atoms with van der Waals surface area (Å²) in [6.45, 7) is 5.23. The summed E-state index contributed by atoms with van der Waals surface area (Å²) in [7, 11) is 0. The summed E-state index contributed by atoms with van der Waals surface area (Å²) in [5, 5.41) is 21.4. The van der Waals surface area contributed by atoms with E-state index < -0.39 is 17.2 Å². The highest BCUT2D eigenvalue weighted by molar-refractivity contribution is 7.23. The lowest BCUT2D eigenvalue weighted by atomic mass is 9.95. The van der Waals surface area contributed by atoms with Crippen molar-refractivity contribution in [2.75, 3.05) is 43.4 Å². The molecule has 0 aliphatic carbocycles. The molecule has 3 aliphatic heterocycles. The Balaban J connectivity index is 1.38. The smallest absolute Gasteiger partial charge is 0.319 e. The van der Waals surface area contributed by atoms with E-state index in [0.717, 1.165) is 56.5 Å². The number of pyridine rings is 1. The number of ether oxygens (including phenoxy) is 1. The zero-order valence-electron chi connectivity index (χ0n) is 23.3. The molecule has 0 radical (unpaired) electrons. The standard InChI is InChI=1S/C30H31F2N7O2S/c1-29(40)7-2-10-38(15-29)27-19-14-35-23(17-5-6-20(31)25-21(17)18(13-33)26(34)42-25)22(32)24(19)36-28(37-27)41-16-30-8-3-11-39(30)12-4-9-30/h5-6,14,40H,2-4,7-12,15-16,34H2,1H3/t29-/m1/s1. The van der Waals surface area contributed by atoms with Gasteiger partial charge in [-0.15, -0.1) is 11.3 Å². The van der Waals surface area contributed by atoms with Gasteiger partial charge in [-0.05, 0) is 70.7 Å². The van der Waals surface area contributed by atoms with Gasteiger partial charge >= 0.3 is 6.01 Å². The Morgan fingerprint density at radius 1 is 1.14 bits per heavy atom. The van der Waals surface area contributed by atoms with E-state index in [1.165, 1.54) is 18.3 Å². The minimum absolute atomic E-state index is 0.0107. The zero-order chi connectivity index (χ0) is 29.2. The molecule has 0 unspecified atom stereocenters. The van der Waals surface area contributed by atoms with Crippen molar-refractivity contribution < 1.29 is 18.6 Å². The Bertz CT molecular complexity index is 1760. The number of thiophene rings is 1. The molecule has 1 aromatic carbocycles. The predicted octanol–water partition coefficient (Wildman–Crippen LogP) is 5.00. The summed E-state index contributed by atoms with van der Waals surface area (Å²) in [6, 6.07) is 4.73. The Morgan fingerprint density at radius 3 is 2.64 bits per heavy atom. The van der Waals surface area contributed by atoms with Crippen molar-refractivity contribution in [2.45, 2.75) is 56.6 Å². The van der Waals surface area contributed by atoms with Gasteiger partial charge in [-0.2, -0.15) is 15.2 Å². The number of hydrogen-bond donors (Lipinski definition) is 2. The molecule has 42 heavy (non-hydrogen) atoms. The lowest BCUT2D eigenvalue weighted by Crippen LogP contribution is -2.46. The van der Waals surface area contributed by atoms with Gasteiger partial charge in [0.25, 0.3) is 0 Å². The first-order chi connectivity index (χ1) is 20.2. The monoisotopic (exact) mass is 591 g/mol. The van der Waals surface area contributed by atoms with E-state index in [4.69, 9.17) is 15.5 Å². The van der Waals surface area contributed by atoms with Gasteiger partial charge in [-0.1, -0.05) is 0 Å².